The molecule has 0 aliphatic carbocycles. The van der Waals surface area contributed by atoms with E-state index in [1.54, 1.807) is 0 Å². The van der Waals surface area contributed by atoms with Gasteiger partial charge < -0.3 is 0 Å². The predicted molar refractivity (Wildman–Crippen MR) is 113 cm³/mol. The van der Waals surface area contributed by atoms with E-state index in [2.05, 4.69) is 43.8 Å². The Morgan fingerprint density at radius 1 is 0.885 bits per heavy atom. The van der Waals surface area contributed by atoms with Gasteiger partial charge in [0.1, 0.15) is 0 Å². The lowest BCUT2D eigenvalue weighted by atomic mass is 9.96. The van der Waals surface area contributed by atoms with Crippen molar-refractivity contribution in [2.24, 2.45) is 0 Å². The molecule has 0 aliphatic heterocycles. The third-order valence-corrected chi connectivity index (χ3v) is 5.03. The number of carbonyl (C=O) groups excluding carboxylic acids is 1. The Labute approximate surface area is 159 Å². The Balaban J connectivity index is 1.88. The van der Waals surface area contributed by atoms with E-state index in [0.29, 0.717) is 0 Å². The summed E-state index contributed by atoms with van der Waals surface area (Å²) in [7, 11) is 0. The molecule has 2 rings (SSSR count). The molecule has 0 saturated carbocycles. The minimum absolute atomic E-state index is 0.0147. The van der Waals surface area contributed by atoms with Crippen molar-refractivity contribution in [2.75, 3.05) is 0 Å². The van der Waals surface area contributed by atoms with Gasteiger partial charge in [-0.25, -0.2) is 0 Å². The molecule has 1 heteroatoms. The summed E-state index contributed by atoms with van der Waals surface area (Å²) < 4.78 is 0. The van der Waals surface area contributed by atoms with E-state index >= 15 is 0 Å². The first-order valence-electron chi connectivity index (χ1n) is 10.0. The third kappa shape index (κ3) is 5.98. The Morgan fingerprint density at radius 2 is 1.50 bits per heavy atom. The molecule has 1 nitrogen and oxygen atoms in total. The molecule has 0 atom stereocenters. The maximum absolute atomic E-state index is 11.8. The summed E-state index contributed by atoms with van der Waals surface area (Å²) in [5, 5.41) is 0. The van der Waals surface area contributed by atoms with E-state index in [4.69, 9.17) is 0 Å². The molecule has 26 heavy (non-hydrogen) atoms. The Kier molecular flexibility index (Phi) is 8.34. The fourth-order valence-electron chi connectivity index (χ4n) is 3.38. The van der Waals surface area contributed by atoms with Gasteiger partial charge >= 0.3 is 0 Å². The molecule has 0 saturated heterocycles. The summed E-state index contributed by atoms with van der Waals surface area (Å²) in [5.74, 6) is -0.0147. The Bertz CT molecular complexity index is 709. The highest BCUT2D eigenvalue weighted by Crippen LogP contribution is 2.24. The molecule has 0 heterocycles. The Hall–Kier alpha value is -2.15. The van der Waals surface area contributed by atoms with Gasteiger partial charge in [-0.2, -0.15) is 0 Å². The second-order valence-corrected chi connectivity index (χ2v) is 7.17. The number of hydrogen-bond acceptors (Lipinski definition) is 1. The van der Waals surface area contributed by atoms with Crippen molar-refractivity contribution in [3.05, 3.63) is 71.8 Å². The molecule has 2 aromatic carbocycles. The van der Waals surface area contributed by atoms with Crippen molar-refractivity contribution in [3.8, 4) is 11.1 Å². The molecule has 2 aromatic rings. The summed E-state index contributed by atoms with van der Waals surface area (Å²) in [5.41, 5.74) is 5.51. The Morgan fingerprint density at radius 3 is 2.12 bits per heavy atom. The van der Waals surface area contributed by atoms with Gasteiger partial charge in [0.05, 0.1) is 0 Å². The summed E-state index contributed by atoms with van der Waals surface area (Å²) in [6.45, 7) is 7.81. The van der Waals surface area contributed by atoms with Crippen LogP contribution in [0, 0.1) is 6.92 Å². The maximum atomic E-state index is 11.8. The number of rotatable bonds is 11. The third-order valence-electron chi connectivity index (χ3n) is 5.03. The molecule has 138 valence electrons. The van der Waals surface area contributed by atoms with Gasteiger partial charge in [0.15, 0.2) is 5.78 Å². The molecule has 0 fully saturated rings. The van der Waals surface area contributed by atoms with Crippen molar-refractivity contribution >= 4 is 5.78 Å². The number of ketones is 1. The molecular weight excluding hydrogens is 316 g/mol. The lowest BCUT2D eigenvalue weighted by Crippen LogP contribution is -1.97. The standard InChI is InChI=1S/C25H32O/c1-4-6-7-8-9-10-11-12-21-13-15-22(16-14-21)23-17-18-24(20(3)19-23)25(26)5-2/h5,13-19H,2,4,6-12H2,1,3H3. The monoisotopic (exact) mass is 348 g/mol. The molecular formula is C25H32O. The molecule has 0 unspecified atom stereocenters. The first kappa shape index (κ1) is 20.2. The van der Waals surface area contributed by atoms with Gasteiger partial charge in [-0.15, -0.1) is 0 Å². The van der Waals surface area contributed by atoms with Gasteiger partial charge in [-0.1, -0.05) is 94.5 Å². The van der Waals surface area contributed by atoms with E-state index in [9.17, 15) is 4.79 Å². The van der Waals surface area contributed by atoms with E-state index in [1.807, 2.05) is 19.1 Å². The number of hydrogen-bond donors (Lipinski definition) is 0. The number of benzene rings is 2. The second kappa shape index (κ2) is 10.8. The normalized spacial score (nSPS) is 10.7. The average Bonchev–Trinajstić information content (AvgIpc) is 2.67. The zero-order valence-corrected chi connectivity index (χ0v) is 16.4. The fraction of sp³-hybridized carbons (Fsp3) is 0.400. The summed E-state index contributed by atoms with van der Waals surface area (Å²) >= 11 is 0. The van der Waals surface area contributed by atoms with Crippen molar-refractivity contribution in [1.82, 2.24) is 0 Å². The number of aryl methyl sites for hydroxylation is 2. The van der Waals surface area contributed by atoms with Gasteiger partial charge in [-0.3, -0.25) is 4.79 Å². The van der Waals surface area contributed by atoms with Crippen LogP contribution in [0.4, 0.5) is 0 Å². The topological polar surface area (TPSA) is 17.1 Å². The van der Waals surface area contributed by atoms with Crippen LogP contribution in [-0.4, -0.2) is 5.78 Å². The van der Waals surface area contributed by atoms with Crippen LogP contribution in [0.1, 0.15) is 73.4 Å². The van der Waals surface area contributed by atoms with Gasteiger partial charge in [0.25, 0.3) is 0 Å². The highest BCUT2D eigenvalue weighted by atomic mass is 16.1. The quantitative estimate of drug-likeness (QED) is 0.236. The van der Waals surface area contributed by atoms with E-state index in [-0.39, 0.29) is 5.78 Å². The van der Waals surface area contributed by atoms with Crippen LogP contribution in [0.3, 0.4) is 0 Å². The minimum Gasteiger partial charge on any atom is -0.289 e. The SMILES string of the molecule is C=CC(=O)c1ccc(-c2ccc(CCCCCCCCC)cc2)cc1C. The van der Waals surface area contributed by atoms with Crippen LogP contribution in [0.25, 0.3) is 11.1 Å². The fourth-order valence-corrected chi connectivity index (χ4v) is 3.38. The summed E-state index contributed by atoms with van der Waals surface area (Å²) in [4.78, 5) is 11.8. The lowest BCUT2D eigenvalue weighted by Gasteiger charge is -2.08. The van der Waals surface area contributed by atoms with Crippen molar-refractivity contribution < 1.29 is 4.79 Å². The number of allylic oxidation sites excluding steroid dienone is 1. The van der Waals surface area contributed by atoms with Crippen LogP contribution < -0.4 is 0 Å². The van der Waals surface area contributed by atoms with Crippen LogP contribution >= 0.6 is 0 Å². The van der Waals surface area contributed by atoms with Crippen LogP contribution in [-0.2, 0) is 6.42 Å². The highest BCUT2D eigenvalue weighted by molar-refractivity contribution is 6.05. The van der Waals surface area contributed by atoms with Crippen molar-refractivity contribution in [1.29, 1.82) is 0 Å². The van der Waals surface area contributed by atoms with Gasteiger partial charge in [-0.05, 0) is 48.1 Å². The van der Waals surface area contributed by atoms with Crippen LogP contribution in [0.5, 0.6) is 0 Å². The first-order chi connectivity index (χ1) is 12.7. The molecule has 0 amide bonds. The van der Waals surface area contributed by atoms with Crippen molar-refractivity contribution in [3.63, 3.8) is 0 Å². The first-order valence-corrected chi connectivity index (χ1v) is 10.0. The van der Waals surface area contributed by atoms with E-state index < -0.39 is 0 Å². The van der Waals surface area contributed by atoms with E-state index in [0.717, 1.165) is 16.7 Å². The van der Waals surface area contributed by atoms with Crippen LogP contribution in [0.15, 0.2) is 55.1 Å². The summed E-state index contributed by atoms with van der Waals surface area (Å²) in [6, 6.07) is 14.9. The minimum atomic E-state index is -0.0147. The molecule has 0 aliphatic rings. The lowest BCUT2D eigenvalue weighted by molar-refractivity contribution is 0.104. The van der Waals surface area contributed by atoms with Crippen LogP contribution in [0.2, 0.25) is 0 Å². The number of unbranched alkanes of at least 4 members (excludes halogenated alkanes) is 6. The average molecular weight is 349 g/mol. The largest absolute Gasteiger partial charge is 0.289 e. The molecule has 0 spiro atoms. The smallest absolute Gasteiger partial charge is 0.185 e. The van der Waals surface area contributed by atoms with Gasteiger partial charge in [0, 0.05) is 5.56 Å². The number of carbonyl (C=O) groups is 1. The van der Waals surface area contributed by atoms with Crippen molar-refractivity contribution in [2.45, 2.75) is 65.2 Å². The zero-order valence-electron chi connectivity index (χ0n) is 16.4. The highest BCUT2D eigenvalue weighted by Gasteiger charge is 2.07. The predicted octanol–water partition coefficient (Wildman–Crippen LogP) is 7.32. The van der Waals surface area contributed by atoms with Gasteiger partial charge in [0.2, 0.25) is 0 Å². The summed E-state index contributed by atoms with van der Waals surface area (Å²) in [6.07, 6.45) is 12.0. The molecule has 0 aromatic heterocycles. The maximum Gasteiger partial charge on any atom is 0.185 e. The van der Waals surface area contributed by atoms with E-state index in [1.165, 1.54) is 68.6 Å². The zero-order chi connectivity index (χ0) is 18.8. The molecule has 0 N–H and O–H groups in total. The molecule has 0 radical (unpaired) electrons. The second-order valence-electron chi connectivity index (χ2n) is 7.17. The molecule has 0 bridgehead atoms.